The van der Waals surface area contributed by atoms with Gasteiger partial charge >= 0.3 is 0 Å². The molecule has 5 nitrogen and oxygen atoms in total. The SMILES string of the molecule is c1ccc(-c2cc(-c3ccc(N(c4ccc(-c5ccc6oc7ccccc7c6c5)cc4)c4ccc(-c5ccc6oc7ccccc7c6c5)cc4)cc3)nc(-c3ccccc3)n2)cc1. The van der Waals surface area contributed by atoms with Crippen molar-refractivity contribution in [2.75, 3.05) is 4.90 Å². The average Bonchev–Trinajstić information content (AvgIpc) is 3.93. The summed E-state index contributed by atoms with van der Waals surface area (Å²) in [5.41, 5.74) is 16.0. The number of anilines is 3. The van der Waals surface area contributed by atoms with E-state index < -0.39 is 0 Å². The molecule has 0 aliphatic rings. The van der Waals surface area contributed by atoms with Gasteiger partial charge in [0.05, 0.1) is 11.4 Å². The molecule has 3 aromatic heterocycles. The molecule has 0 aliphatic heterocycles. The van der Waals surface area contributed by atoms with Crippen molar-refractivity contribution < 1.29 is 8.83 Å². The molecule has 296 valence electrons. The van der Waals surface area contributed by atoms with Crippen molar-refractivity contribution in [1.82, 2.24) is 9.97 Å². The lowest BCUT2D eigenvalue weighted by Crippen LogP contribution is -2.09. The quantitative estimate of drug-likeness (QED) is 0.153. The van der Waals surface area contributed by atoms with Gasteiger partial charge in [-0.05, 0) is 101 Å². The van der Waals surface area contributed by atoms with Gasteiger partial charge in [0.25, 0.3) is 0 Å². The molecule has 0 N–H and O–H groups in total. The maximum atomic E-state index is 6.13. The fourth-order valence-corrected chi connectivity index (χ4v) is 8.71. The molecule has 63 heavy (non-hydrogen) atoms. The first kappa shape index (κ1) is 36.3. The fourth-order valence-electron chi connectivity index (χ4n) is 8.71. The molecule has 0 amide bonds. The van der Waals surface area contributed by atoms with Crippen LogP contribution in [0.3, 0.4) is 0 Å². The maximum absolute atomic E-state index is 6.13. The van der Waals surface area contributed by atoms with Gasteiger partial charge in [-0.25, -0.2) is 9.97 Å². The van der Waals surface area contributed by atoms with Crippen LogP contribution in [0, 0.1) is 0 Å². The van der Waals surface area contributed by atoms with E-state index in [4.69, 9.17) is 18.8 Å². The van der Waals surface area contributed by atoms with Gasteiger partial charge < -0.3 is 13.7 Å². The molecule has 0 radical (unpaired) electrons. The third-order valence-electron chi connectivity index (χ3n) is 11.9. The highest BCUT2D eigenvalue weighted by molar-refractivity contribution is 6.07. The van der Waals surface area contributed by atoms with Crippen LogP contribution in [0.2, 0.25) is 0 Å². The molecule has 0 atom stereocenters. The minimum absolute atomic E-state index is 0.693. The van der Waals surface area contributed by atoms with Gasteiger partial charge in [-0.3, -0.25) is 0 Å². The Balaban J connectivity index is 0.930. The lowest BCUT2D eigenvalue weighted by molar-refractivity contribution is 0.668. The molecule has 0 bridgehead atoms. The number of rotatable bonds is 8. The Morgan fingerprint density at radius 1 is 0.270 bits per heavy atom. The predicted octanol–water partition coefficient (Wildman–Crippen LogP) is 16.1. The van der Waals surface area contributed by atoms with Crippen molar-refractivity contribution in [3.8, 4) is 56.2 Å². The third kappa shape index (κ3) is 6.69. The van der Waals surface area contributed by atoms with Crippen LogP contribution >= 0.6 is 0 Å². The van der Waals surface area contributed by atoms with E-state index in [-0.39, 0.29) is 0 Å². The smallest absolute Gasteiger partial charge is 0.160 e. The van der Waals surface area contributed by atoms with Gasteiger partial charge in [0.1, 0.15) is 22.3 Å². The van der Waals surface area contributed by atoms with Crippen LogP contribution in [0.15, 0.2) is 233 Å². The van der Waals surface area contributed by atoms with Gasteiger partial charge in [0, 0.05) is 55.3 Å². The van der Waals surface area contributed by atoms with Crippen LogP contribution in [-0.2, 0) is 0 Å². The molecular weight excluding hydrogens is 771 g/mol. The maximum Gasteiger partial charge on any atom is 0.160 e. The number of benzene rings is 9. The van der Waals surface area contributed by atoms with Crippen LogP contribution in [-0.4, -0.2) is 9.97 Å². The van der Waals surface area contributed by atoms with Crippen molar-refractivity contribution in [2.45, 2.75) is 0 Å². The topological polar surface area (TPSA) is 55.3 Å². The zero-order valence-corrected chi connectivity index (χ0v) is 34.0. The normalized spacial score (nSPS) is 11.5. The second kappa shape index (κ2) is 15.2. The van der Waals surface area contributed by atoms with E-state index in [9.17, 15) is 0 Å². The Morgan fingerprint density at radius 3 is 1.11 bits per heavy atom. The van der Waals surface area contributed by atoms with E-state index in [0.29, 0.717) is 5.82 Å². The lowest BCUT2D eigenvalue weighted by Gasteiger charge is -2.26. The van der Waals surface area contributed by atoms with Crippen LogP contribution in [0.25, 0.3) is 100 Å². The summed E-state index contributed by atoms with van der Waals surface area (Å²) in [5, 5.41) is 4.47. The minimum atomic E-state index is 0.693. The summed E-state index contributed by atoms with van der Waals surface area (Å²) in [6, 6.07) is 78.2. The number of hydrogen-bond acceptors (Lipinski definition) is 5. The summed E-state index contributed by atoms with van der Waals surface area (Å²) in [6.07, 6.45) is 0. The first-order valence-electron chi connectivity index (χ1n) is 21.1. The molecule has 9 aromatic carbocycles. The summed E-state index contributed by atoms with van der Waals surface area (Å²) in [7, 11) is 0. The van der Waals surface area contributed by atoms with E-state index in [2.05, 4.69) is 169 Å². The van der Waals surface area contributed by atoms with Crippen molar-refractivity contribution in [3.63, 3.8) is 0 Å². The van der Waals surface area contributed by atoms with E-state index in [1.54, 1.807) is 0 Å². The number of aromatic nitrogens is 2. The van der Waals surface area contributed by atoms with Gasteiger partial charge in [-0.15, -0.1) is 0 Å². The second-order valence-corrected chi connectivity index (χ2v) is 15.8. The van der Waals surface area contributed by atoms with Crippen molar-refractivity contribution in [2.24, 2.45) is 0 Å². The third-order valence-corrected chi connectivity index (χ3v) is 11.9. The zero-order chi connectivity index (χ0) is 41.7. The molecule has 0 aliphatic carbocycles. The van der Waals surface area contributed by atoms with E-state index in [1.165, 1.54) is 0 Å². The molecule has 12 rings (SSSR count). The summed E-state index contributed by atoms with van der Waals surface area (Å²) < 4.78 is 12.3. The first-order valence-corrected chi connectivity index (χ1v) is 21.1. The van der Waals surface area contributed by atoms with Gasteiger partial charge in [-0.2, -0.15) is 0 Å². The van der Waals surface area contributed by atoms with Crippen LogP contribution in [0.5, 0.6) is 0 Å². The van der Waals surface area contributed by atoms with Crippen LogP contribution < -0.4 is 4.90 Å². The molecule has 3 heterocycles. The van der Waals surface area contributed by atoms with Crippen LogP contribution in [0.1, 0.15) is 0 Å². The Labute approximate surface area is 363 Å². The minimum Gasteiger partial charge on any atom is -0.456 e. The lowest BCUT2D eigenvalue weighted by atomic mass is 10.0. The highest BCUT2D eigenvalue weighted by atomic mass is 16.3. The van der Waals surface area contributed by atoms with Crippen LogP contribution in [0.4, 0.5) is 17.1 Å². The molecule has 5 heteroatoms. The van der Waals surface area contributed by atoms with Gasteiger partial charge in [-0.1, -0.05) is 146 Å². The highest BCUT2D eigenvalue weighted by Gasteiger charge is 2.17. The molecule has 0 spiro atoms. The Hall–Kier alpha value is -8.54. The monoisotopic (exact) mass is 807 g/mol. The Morgan fingerprint density at radius 2 is 0.635 bits per heavy atom. The molecular formula is C58H37N3O2. The number of fused-ring (bicyclic) bond motifs is 6. The highest BCUT2D eigenvalue weighted by Crippen LogP contribution is 2.40. The van der Waals surface area contributed by atoms with Crippen molar-refractivity contribution in [3.05, 3.63) is 224 Å². The summed E-state index contributed by atoms with van der Waals surface area (Å²) in [4.78, 5) is 12.4. The van der Waals surface area contributed by atoms with Crippen molar-refractivity contribution in [1.29, 1.82) is 0 Å². The number of para-hydroxylation sites is 2. The zero-order valence-electron chi connectivity index (χ0n) is 34.0. The number of furan rings is 2. The molecule has 0 saturated heterocycles. The summed E-state index contributed by atoms with van der Waals surface area (Å²) in [5.74, 6) is 0.693. The number of nitrogens with zero attached hydrogens (tertiary/aromatic N) is 3. The average molecular weight is 808 g/mol. The number of hydrogen-bond donors (Lipinski definition) is 0. The summed E-state index contributed by atoms with van der Waals surface area (Å²) in [6.45, 7) is 0. The Bertz CT molecular complexity index is 3380. The summed E-state index contributed by atoms with van der Waals surface area (Å²) >= 11 is 0. The van der Waals surface area contributed by atoms with E-state index >= 15 is 0 Å². The molecule has 0 saturated carbocycles. The van der Waals surface area contributed by atoms with Crippen molar-refractivity contribution >= 4 is 60.9 Å². The van der Waals surface area contributed by atoms with E-state index in [1.807, 2.05) is 60.7 Å². The fraction of sp³-hybridized carbons (Fsp3) is 0. The second-order valence-electron chi connectivity index (χ2n) is 15.8. The molecule has 12 aromatic rings. The molecule has 0 unspecified atom stereocenters. The van der Waals surface area contributed by atoms with Gasteiger partial charge in [0.2, 0.25) is 0 Å². The molecule has 0 fully saturated rings. The first-order chi connectivity index (χ1) is 31.2. The Kier molecular flexibility index (Phi) is 8.75. The predicted molar refractivity (Wildman–Crippen MR) is 258 cm³/mol. The standard InChI is InChI=1S/C58H37N3O2/c1-3-11-40(12-4-1)52-37-53(60-58(59-52)42-13-5-2-6-14-42)41-23-31-47(32-24-41)61(45-27-19-38(20-28-45)43-25-33-56-50(35-43)48-15-7-9-17-54(48)62-56)46-29-21-39(22-30-46)44-26-34-57-51(36-44)49-16-8-10-18-55(49)63-57/h1-37H. The van der Waals surface area contributed by atoms with E-state index in [0.717, 1.165) is 111 Å². The largest absolute Gasteiger partial charge is 0.456 e. The van der Waals surface area contributed by atoms with Gasteiger partial charge in [0.15, 0.2) is 5.82 Å².